The van der Waals surface area contributed by atoms with E-state index in [4.69, 9.17) is 13.8 Å². The Labute approximate surface area is 520 Å². The average molecular weight is 1200 g/mol. The number of hydrogen-bond donors (Lipinski definition) is 1. The highest BCUT2D eigenvalue weighted by Crippen LogP contribution is 2.38. The molecule has 0 rings (SSSR count). The number of phosphoric acid groups is 1. The fourth-order valence-electron chi connectivity index (χ4n) is 10.1. The minimum Gasteiger partial charge on any atom is -0.756 e. The van der Waals surface area contributed by atoms with E-state index in [-0.39, 0.29) is 31.3 Å². The van der Waals surface area contributed by atoms with Crippen LogP contribution in [0.1, 0.15) is 323 Å². The number of nitrogens with one attached hydrogen (secondary N) is 1. The van der Waals surface area contributed by atoms with E-state index in [0.29, 0.717) is 17.4 Å². The Hall–Kier alpha value is -2.81. The molecule has 1 amide bonds. The molecule has 0 heterocycles. The van der Waals surface area contributed by atoms with Gasteiger partial charge in [0.2, 0.25) is 5.91 Å². The SMILES string of the molecule is CCCCC/C=C\C/C=C\C/C=C\C/C=C\CCCCCC(=O)NC(COP(=O)([O-])OCC[N+](C)(C)C)C(/C=C\CCCCCCCCCCCC)OC(=O)CCCCCCCCCCCCCCCCCCC/C=C\C/C=C\CCCCC. The number of hydrogen-bond acceptors (Lipinski definition) is 7. The first-order chi connectivity index (χ1) is 40.9. The molecule has 3 unspecified atom stereocenters. The number of allylic oxidation sites excluding steroid dienone is 13. The van der Waals surface area contributed by atoms with Crippen LogP contribution >= 0.6 is 7.82 Å². The summed E-state index contributed by atoms with van der Waals surface area (Å²) >= 11 is 0. The zero-order chi connectivity index (χ0) is 61.4. The Balaban J connectivity index is 5.07. The molecule has 0 bridgehead atoms. The molecule has 3 atom stereocenters. The van der Waals surface area contributed by atoms with Crippen LogP contribution in [0.4, 0.5) is 0 Å². The topological polar surface area (TPSA) is 114 Å². The van der Waals surface area contributed by atoms with Crippen molar-refractivity contribution in [2.45, 2.75) is 335 Å². The molecule has 10 heteroatoms. The monoisotopic (exact) mass is 1200 g/mol. The van der Waals surface area contributed by atoms with Crippen molar-refractivity contribution in [3.8, 4) is 0 Å². The predicted octanol–water partition coefficient (Wildman–Crippen LogP) is 21.9. The highest BCUT2D eigenvalue weighted by molar-refractivity contribution is 7.45. The van der Waals surface area contributed by atoms with Gasteiger partial charge in [-0.25, -0.2) is 0 Å². The van der Waals surface area contributed by atoms with Gasteiger partial charge in [0.1, 0.15) is 19.3 Å². The van der Waals surface area contributed by atoms with Gasteiger partial charge in [-0.15, -0.1) is 0 Å². The molecule has 0 aromatic carbocycles. The largest absolute Gasteiger partial charge is 0.756 e. The van der Waals surface area contributed by atoms with Gasteiger partial charge < -0.3 is 28.5 Å². The molecule has 9 nitrogen and oxygen atoms in total. The van der Waals surface area contributed by atoms with Crippen LogP contribution in [0.5, 0.6) is 0 Å². The zero-order valence-corrected chi connectivity index (χ0v) is 56.7. The van der Waals surface area contributed by atoms with Gasteiger partial charge >= 0.3 is 5.97 Å². The number of nitrogens with zero attached hydrogens (tertiary/aromatic N) is 1. The Morgan fingerprint density at radius 1 is 0.417 bits per heavy atom. The number of unbranched alkanes of at least 4 members (excludes halogenated alkanes) is 36. The van der Waals surface area contributed by atoms with Crippen molar-refractivity contribution in [2.75, 3.05) is 40.9 Å². The summed E-state index contributed by atoms with van der Waals surface area (Å²) in [5, 5.41) is 3.02. The maximum Gasteiger partial charge on any atom is 0.306 e. The normalized spacial score (nSPS) is 14.0. The smallest absolute Gasteiger partial charge is 0.306 e. The summed E-state index contributed by atoms with van der Waals surface area (Å²) in [5.41, 5.74) is 0. The highest BCUT2D eigenvalue weighted by Gasteiger charge is 2.27. The predicted molar refractivity (Wildman–Crippen MR) is 362 cm³/mol. The number of likely N-dealkylation sites (N-methyl/N-ethyl adjacent to an activating group) is 1. The molecule has 0 spiro atoms. The fraction of sp³-hybridized carbons (Fsp3) is 0.784. The van der Waals surface area contributed by atoms with Gasteiger partial charge in [0.15, 0.2) is 0 Å². The Morgan fingerprint density at radius 3 is 1.12 bits per heavy atom. The standard InChI is InChI=1S/C74H135N2O7P/c1-7-10-13-16-19-22-25-28-30-32-34-35-36-37-38-39-40-41-43-45-47-49-52-55-58-61-64-67-74(78)83-72(65-62-59-56-53-50-27-24-21-18-15-12-9-3)71(70-82-84(79,80)81-69-68-76(4,5)6)75-73(77)66-63-60-57-54-51-48-46-44-42-33-31-29-26-23-20-17-14-11-8-2/h19-20,22-23,28-31,42,44,48,51,62,65,71-72H,7-18,21,24-27,32-41,43,45-47,49-50,52-61,63-64,66-70H2,1-6H3,(H-,75,77,79,80)/b22-19-,23-20-,30-28-,31-29-,44-42-,51-48-,65-62-. The van der Waals surface area contributed by atoms with Crippen molar-refractivity contribution >= 4 is 19.7 Å². The van der Waals surface area contributed by atoms with E-state index in [2.05, 4.69) is 99.0 Å². The highest BCUT2D eigenvalue weighted by atomic mass is 31.2. The van der Waals surface area contributed by atoms with Crippen LogP contribution in [0.15, 0.2) is 85.1 Å². The van der Waals surface area contributed by atoms with Crippen molar-refractivity contribution < 1.29 is 37.3 Å². The minimum absolute atomic E-state index is 0.0307. The van der Waals surface area contributed by atoms with Crippen molar-refractivity contribution in [3.63, 3.8) is 0 Å². The van der Waals surface area contributed by atoms with Crippen LogP contribution in [0.25, 0.3) is 0 Å². The average Bonchev–Trinajstić information content (AvgIpc) is 3.64. The molecule has 488 valence electrons. The lowest BCUT2D eigenvalue weighted by Gasteiger charge is -2.30. The molecular formula is C74H135N2O7P. The number of carbonyl (C=O) groups excluding carboxylic acids is 2. The first kappa shape index (κ1) is 81.2. The molecule has 0 aliphatic rings. The van der Waals surface area contributed by atoms with Gasteiger partial charge in [0.25, 0.3) is 7.82 Å². The molecule has 1 N–H and O–H groups in total. The van der Waals surface area contributed by atoms with E-state index >= 15 is 0 Å². The second-order valence-corrected chi connectivity index (χ2v) is 26.4. The second-order valence-electron chi connectivity index (χ2n) is 25.0. The van der Waals surface area contributed by atoms with Crippen molar-refractivity contribution in [2.24, 2.45) is 0 Å². The molecule has 0 aromatic heterocycles. The van der Waals surface area contributed by atoms with E-state index < -0.39 is 26.6 Å². The first-order valence-electron chi connectivity index (χ1n) is 35.4. The Bertz CT molecular complexity index is 1710. The number of phosphoric ester groups is 1. The Morgan fingerprint density at radius 2 is 0.726 bits per heavy atom. The molecule has 84 heavy (non-hydrogen) atoms. The minimum atomic E-state index is -4.72. The summed E-state index contributed by atoms with van der Waals surface area (Å²) in [5.74, 6) is -0.570. The van der Waals surface area contributed by atoms with E-state index in [1.807, 2.05) is 33.3 Å². The molecule has 0 aromatic rings. The van der Waals surface area contributed by atoms with E-state index in [0.717, 1.165) is 83.5 Å². The van der Waals surface area contributed by atoms with Crippen LogP contribution < -0.4 is 10.2 Å². The summed E-state index contributed by atoms with van der Waals surface area (Å²) in [7, 11) is 1.16. The van der Waals surface area contributed by atoms with Gasteiger partial charge in [-0.3, -0.25) is 14.2 Å². The maximum atomic E-state index is 13.6. The lowest BCUT2D eigenvalue weighted by Crippen LogP contribution is -2.47. The molecule has 0 saturated carbocycles. The number of rotatable bonds is 64. The molecule has 0 saturated heterocycles. The van der Waals surface area contributed by atoms with Gasteiger partial charge in [-0.2, -0.15) is 0 Å². The van der Waals surface area contributed by atoms with Gasteiger partial charge in [0, 0.05) is 12.8 Å². The van der Waals surface area contributed by atoms with Gasteiger partial charge in [0.05, 0.1) is 33.8 Å². The van der Waals surface area contributed by atoms with Crippen LogP contribution in [-0.2, 0) is 27.9 Å². The molecule has 0 aliphatic heterocycles. The Kier molecular flexibility index (Phi) is 61.1. The van der Waals surface area contributed by atoms with Crippen molar-refractivity contribution in [1.29, 1.82) is 0 Å². The van der Waals surface area contributed by atoms with Crippen LogP contribution in [0.3, 0.4) is 0 Å². The molecular weight excluding hydrogens is 1060 g/mol. The van der Waals surface area contributed by atoms with E-state index in [1.54, 1.807) is 0 Å². The molecule has 0 aliphatic carbocycles. The summed E-state index contributed by atoms with van der Waals surface area (Å²) < 4.78 is 30.4. The fourth-order valence-corrected chi connectivity index (χ4v) is 10.8. The summed E-state index contributed by atoms with van der Waals surface area (Å²) in [4.78, 5) is 40.1. The molecule has 0 radical (unpaired) electrons. The summed E-state index contributed by atoms with van der Waals surface area (Å²) in [6.45, 7) is 6.79. The van der Waals surface area contributed by atoms with E-state index in [1.165, 1.54) is 199 Å². The third-order valence-electron chi connectivity index (χ3n) is 15.5. The summed E-state index contributed by atoms with van der Waals surface area (Å²) in [6, 6.07) is -0.908. The zero-order valence-electron chi connectivity index (χ0n) is 55.8. The van der Waals surface area contributed by atoms with Crippen LogP contribution in [0, 0.1) is 0 Å². The third-order valence-corrected chi connectivity index (χ3v) is 16.5. The van der Waals surface area contributed by atoms with Gasteiger partial charge in [-0.05, 0) is 109 Å². The number of esters is 1. The second kappa shape index (κ2) is 63.2. The maximum absolute atomic E-state index is 13.6. The van der Waals surface area contributed by atoms with Crippen LogP contribution in [-0.4, -0.2) is 69.4 Å². The quantitative estimate of drug-likeness (QED) is 0.0212. The third kappa shape index (κ3) is 63.7. The van der Waals surface area contributed by atoms with Crippen molar-refractivity contribution in [1.82, 2.24) is 5.32 Å². The number of amides is 1. The van der Waals surface area contributed by atoms with E-state index in [9.17, 15) is 19.0 Å². The lowest BCUT2D eigenvalue weighted by atomic mass is 10.0. The lowest BCUT2D eigenvalue weighted by molar-refractivity contribution is -0.870. The van der Waals surface area contributed by atoms with Crippen LogP contribution in [0.2, 0.25) is 0 Å². The van der Waals surface area contributed by atoms with Crippen molar-refractivity contribution in [3.05, 3.63) is 85.1 Å². The summed E-state index contributed by atoms with van der Waals surface area (Å²) in [6.07, 6.45) is 84.3. The number of carbonyl (C=O) groups is 2. The first-order valence-corrected chi connectivity index (χ1v) is 36.9. The molecule has 0 fully saturated rings. The van der Waals surface area contributed by atoms with Gasteiger partial charge in [-0.1, -0.05) is 286 Å². The number of ether oxygens (including phenoxy) is 1. The number of quaternary nitrogens is 1.